The average molecular weight is 426 g/mol. The van der Waals surface area contributed by atoms with Crippen molar-refractivity contribution in [2.75, 3.05) is 9.80 Å². The van der Waals surface area contributed by atoms with Crippen LogP contribution in [0.4, 0.5) is 22.7 Å². The quantitative estimate of drug-likeness (QED) is 0.397. The lowest BCUT2D eigenvalue weighted by atomic mass is 9.32. The van der Waals surface area contributed by atoms with Gasteiger partial charge in [-0.2, -0.15) is 0 Å². The molecule has 3 aromatic carbocycles. The largest absolute Gasteiger partial charge is 0.315 e. The second kappa shape index (κ2) is 8.52. The van der Waals surface area contributed by atoms with Crippen molar-refractivity contribution in [1.82, 2.24) is 0 Å². The third kappa shape index (κ3) is 3.20. The molecule has 0 N–H and O–H groups in total. The molecule has 0 saturated carbocycles. The second-order valence-electron chi connectivity index (χ2n) is 8.27. The van der Waals surface area contributed by atoms with E-state index in [0.717, 1.165) is 17.1 Å². The van der Waals surface area contributed by atoms with E-state index in [-0.39, 0.29) is 6.71 Å². The molecule has 5 rings (SSSR count). The fourth-order valence-electron chi connectivity index (χ4n) is 5.23. The van der Waals surface area contributed by atoms with E-state index in [1.807, 2.05) is 12.2 Å². The third-order valence-corrected chi connectivity index (χ3v) is 6.53. The lowest BCUT2D eigenvalue weighted by molar-refractivity contribution is 1.12. The number of hydrogen-bond acceptors (Lipinski definition) is 2. The Kier molecular flexibility index (Phi) is 5.39. The zero-order chi connectivity index (χ0) is 22.9. The summed E-state index contributed by atoms with van der Waals surface area (Å²) < 4.78 is 0. The minimum atomic E-state index is 0.0952. The fourth-order valence-corrected chi connectivity index (χ4v) is 5.23. The Hall–Kier alpha value is -3.98. The van der Waals surface area contributed by atoms with E-state index < -0.39 is 0 Å². The summed E-state index contributed by atoms with van der Waals surface area (Å²) in [6, 6.07) is 27.7. The SMILES string of the molecule is C=CC1=C(C)N(c2ccccc2)c2cccc3c2B1C(/C=C\C)=C(C=C)N3c1ccccc1. The molecule has 0 aromatic heterocycles. The minimum absolute atomic E-state index is 0.0952. The molecule has 0 spiro atoms. The van der Waals surface area contributed by atoms with Crippen molar-refractivity contribution in [3.63, 3.8) is 0 Å². The van der Waals surface area contributed by atoms with Crippen molar-refractivity contribution in [3.05, 3.63) is 139 Å². The number of anilines is 4. The first-order valence-corrected chi connectivity index (χ1v) is 11.4. The molecule has 0 aliphatic carbocycles. The molecule has 2 aliphatic rings. The van der Waals surface area contributed by atoms with Gasteiger partial charge in [-0.1, -0.05) is 73.9 Å². The van der Waals surface area contributed by atoms with Gasteiger partial charge in [0.2, 0.25) is 0 Å². The summed E-state index contributed by atoms with van der Waals surface area (Å²) in [6.45, 7) is 12.8. The van der Waals surface area contributed by atoms with Gasteiger partial charge in [0.15, 0.2) is 0 Å². The summed E-state index contributed by atoms with van der Waals surface area (Å²) in [5.41, 5.74) is 10.7. The molecule has 2 heterocycles. The van der Waals surface area contributed by atoms with E-state index in [1.165, 1.54) is 33.5 Å². The molecule has 160 valence electrons. The molecule has 0 amide bonds. The monoisotopic (exact) mass is 426 g/mol. The van der Waals surface area contributed by atoms with Crippen LogP contribution < -0.4 is 15.3 Å². The van der Waals surface area contributed by atoms with Gasteiger partial charge in [-0.15, -0.1) is 0 Å². The fraction of sp³-hybridized carbons (Fsp3) is 0.0667. The Labute approximate surface area is 197 Å². The van der Waals surface area contributed by atoms with Crippen LogP contribution in [0.3, 0.4) is 0 Å². The van der Waals surface area contributed by atoms with Gasteiger partial charge in [-0.3, -0.25) is 0 Å². The van der Waals surface area contributed by atoms with Crippen molar-refractivity contribution in [2.24, 2.45) is 0 Å². The van der Waals surface area contributed by atoms with Gasteiger partial charge in [-0.25, -0.2) is 0 Å². The number of nitrogens with zero attached hydrogens (tertiary/aromatic N) is 2. The zero-order valence-corrected chi connectivity index (χ0v) is 19.2. The second-order valence-corrected chi connectivity index (χ2v) is 8.27. The van der Waals surface area contributed by atoms with E-state index in [9.17, 15) is 0 Å². The molecule has 0 bridgehead atoms. The number of hydrogen-bond donors (Lipinski definition) is 0. The highest BCUT2D eigenvalue weighted by Crippen LogP contribution is 2.44. The molecule has 3 aromatic rings. The Morgan fingerprint density at radius 2 is 1.27 bits per heavy atom. The molecule has 33 heavy (non-hydrogen) atoms. The Morgan fingerprint density at radius 3 is 1.82 bits per heavy atom. The van der Waals surface area contributed by atoms with E-state index in [4.69, 9.17) is 0 Å². The van der Waals surface area contributed by atoms with E-state index >= 15 is 0 Å². The highest BCUT2D eigenvalue weighted by molar-refractivity contribution is 6.90. The summed E-state index contributed by atoms with van der Waals surface area (Å²) in [7, 11) is 0. The van der Waals surface area contributed by atoms with Crippen molar-refractivity contribution in [3.8, 4) is 0 Å². The molecule has 0 saturated heterocycles. The van der Waals surface area contributed by atoms with Gasteiger partial charge < -0.3 is 9.80 Å². The molecule has 0 unspecified atom stereocenters. The predicted octanol–water partition coefficient (Wildman–Crippen LogP) is 7.25. The first-order chi connectivity index (χ1) is 16.2. The summed E-state index contributed by atoms with van der Waals surface area (Å²) >= 11 is 0. The standard InChI is InChI=1S/C30H27BN2/c1-5-15-26-27(7-3)33(24-18-12-9-13-19-24)29-21-14-20-28-30(29)31(26)25(6-2)22(4)32(28)23-16-10-8-11-17-23/h5-21H,2-3H2,1,4H3/b15-5-. The first-order valence-electron chi connectivity index (χ1n) is 11.4. The van der Waals surface area contributed by atoms with Crippen LogP contribution in [0.5, 0.6) is 0 Å². The van der Waals surface area contributed by atoms with Crippen molar-refractivity contribution in [2.45, 2.75) is 13.8 Å². The predicted molar refractivity (Wildman–Crippen MR) is 144 cm³/mol. The topological polar surface area (TPSA) is 6.48 Å². The summed E-state index contributed by atoms with van der Waals surface area (Å²) in [5, 5.41) is 0. The average Bonchev–Trinajstić information content (AvgIpc) is 2.86. The summed E-state index contributed by atoms with van der Waals surface area (Å²) in [6.07, 6.45) is 8.36. The minimum Gasteiger partial charge on any atom is -0.315 e. The maximum Gasteiger partial charge on any atom is 0.251 e. The normalized spacial score (nSPS) is 15.3. The highest BCUT2D eigenvalue weighted by Gasteiger charge is 2.42. The Bertz CT molecular complexity index is 1320. The molecule has 2 nitrogen and oxygen atoms in total. The molecule has 0 fully saturated rings. The van der Waals surface area contributed by atoms with Crippen LogP contribution in [0, 0.1) is 0 Å². The molecular formula is C30H27BN2. The zero-order valence-electron chi connectivity index (χ0n) is 19.2. The molecule has 2 aliphatic heterocycles. The van der Waals surface area contributed by atoms with Crippen LogP contribution in [-0.4, -0.2) is 6.71 Å². The smallest absolute Gasteiger partial charge is 0.251 e. The van der Waals surface area contributed by atoms with E-state index in [2.05, 4.69) is 128 Å². The van der Waals surface area contributed by atoms with Crippen molar-refractivity contribution in [1.29, 1.82) is 0 Å². The maximum atomic E-state index is 4.24. The van der Waals surface area contributed by atoms with Gasteiger partial charge in [0.25, 0.3) is 6.71 Å². The van der Waals surface area contributed by atoms with Crippen LogP contribution in [0.2, 0.25) is 0 Å². The Balaban J connectivity index is 1.89. The first kappa shape index (κ1) is 20.9. The van der Waals surface area contributed by atoms with Crippen LogP contribution in [0.25, 0.3) is 0 Å². The van der Waals surface area contributed by atoms with Gasteiger partial charge in [0, 0.05) is 34.1 Å². The highest BCUT2D eigenvalue weighted by atomic mass is 15.2. The number of allylic oxidation sites excluding steroid dienone is 7. The molecule has 3 heteroatoms. The Morgan fingerprint density at radius 1 is 0.697 bits per heavy atom. The number of benzene rings is 3. The van der Waals surface area contributed by atoms with Gasteiger partial charge in [0.05, 0.1) is 0 Å². The summed E-state index contributed by atoms with van der Waals surface area (Å²) in [4.78, 5) is 4.70. The van der Waals surface area contributed by atoms with E-state index in [1.54, 1.807) is 0 Å². The van der Waals surface area contributed by atoms with Crippen LogP contribution >= 0.6 is 0 Å². The molecule has 0 atom stereocenters. The molecule has 0 radical (unpaired) electrons. The molecular weight excluding hydrogens is 399 g/mol. The number of rotatable bonds is 5. The van der Waals surface area contributed by atoms with Crippen LogP contribution in [0.15, 0.2) is 139 Å². The maximum absolute atomic E-state index is 4.24. The lowest BCUT2D eigenvalue weighted by Gasteiger charge is -2.44. The summed E-state index contributed by atoms with van der Waals surface area (Å²) in [5.74, 6) is 0. The van der Waals surface area contributed by atoms with Crippen LogP contribution in [-0.2, 0) is 0 Å². The van der Waals surface area contributed by atoms with Crippen LogP contribution in [0.1, 0.15) is 13.8 Å². The number of para-hydroxylation sites is 2. The van der Waals surface area contributed by atoms with Crippen molar-refractivity contribution >= 4 is 34.9 Å². The van der Waals surface area contributed by atoms with E-state index in [0.29, 0.717) is 0 Å². The van der Waals surface area contributed by atoms with Gasteiger partial charge in [0.1, 0.15) is 0 Å². The lowest BCUT2D eigenvalue weighted by Crippen LogP contribution is -2.49. The van der Waals surface area contributed by atoms with Crippen molar-refractivity contribution < 1.29 is 0 Å². The third-order valence-electron chi connectivity index (χ3n) is 6.53. The van der Waals surface area contributed by atoms with Gasteiger partial charge in [-0.05, 0) is 72.7 Å². The van der Waals surface area contributed by atoms with Gasteiger partial charge >= 0.3 is 0 Å².